The van der Waals surface area contributed by atoms with E-state index in [9.17, 15) is 4.79 Å². The number of ether oxygens (including phenoxy) is 1. The summed E-state index contributed by atoms with van der Waals surface area (Å²) in [5.41, 5.74) is 2.79. The van der Waals surface area contributed by atoms with Crippen LogP contribution in [0, 0.1) is 6.92 Å². The third-order valence-corrected chi connectivity index (χ3v) is 5.87. The molecule has 4 aromatic rings. The van der Waals surface area contributed by atoms with Gasteiger partial charge < -0.3 is 10.1 Å². The Kier molecular flexibility index (Phi) is 6.87. The minimum Gasteiger partial charge on any atom is -0.489 e. The van der Waals surface area contributed by atoms with Crippen molar-refractivity contribution in [1.29, 1.82) is 0 Å². The van der Waals surface area contributed by atoms with E-state index in [4.69, 9.17) is 4.74 Å². The van der Waals surface area contributed by atoms with Crippen LogP contribution in [0.2, 0.25) is 0 Å². The number of amides is 1. The predicted molar refractivity (Wildman–Crippen MR) is 127 cm³/mol. The van der Waals surface area contributed by atoms with Gasteiger partial charge in [0.05, 0.1) is 5.25 Å². The Hall–Kier alpha value is -3.58. The smallest absolute Gasteiger partial charge is 0.237 e. The standard InChI is InChI=1S/C25H24N4O2S/c1-18(32-25-28-27-19(2)29(25)22-11-7-4-8-12-22)24(30)26-21-13-15-23(16-14-21)31-17-20-9-5-3-6-10-20/h3-16,18H,17H2,1-2H3,(H,26,30)/t18-/m1/s1. The molecule has 32 heavy (non-hydrogen) atoms. The van der Waals surface area contributed by atoms with Gasteiger partial charge in [-0.2, -0.15) is 0 Å². The Balaban J connectivity index is 1.35. The van der Waals surface area contributed by atoms with Gasteiger partial charge in [0, 0.05) is 11.4 Å². The van der Waals surface area contributed by atoms with Crippen LogP contribution in [-0.2, 0) is 11.4 Å². The summed E-state index contributed by atoms with van der Waals surface area (Å²) in [7, 11) is 0. The Morgan fingerprint density at radius 1 is 0.969 bits per heavy atom. The molecule has 0 aliphatic carbocycles. The molecule has 1 heterocycles. The van der Waals surface area contributed by atoms with Gasteiger partial charge in [-0.05, 0) is 55.8 Å². The van der Waals surface area contributed by atoms with Crippen LogP contribution in [0.3, 0.4) is 0 Å². The van der Waals surface area contributed by atoms with Gasteiger partial charge in [0.2, 0.25) is 5.91 Å². The zero-order valence-corrected chi connectivity index (χ0v) is 18.8. The average molecular weight is 445 g/mol. The molecule has 1 N–H and O–H groups in total. The first-order valence-corrected chi connectivity index (χ1v) is 11.2. The van der Waals surface area contributed by atoms with Gasteiger partial charge in [-0.1, -0.05) is 60.3 Å². The quantitative estimate of drug-likeness (QED) is 0.375. The van der Waals surface area contributed by atoms with Crippen LogP contribution in [0.5, 0.6) is 5.75 Å². The minimum absolute atomic E-state index is 0.104. The van der Waals surface area contributed by atoms with E-state index in [-0.39, 0.29) is 11.2 Å². The number of nitrogens with zero attached hydrogens (tertiary/aromatic N) is 3. The molecule has 1 atom stereocenters. The van der Waals surface area contributed by atoms with Crippen molar-refractivity contribution < 1.29 is 9.53 Å². The van der Waals surface area contributed by atoms with Crippen molar-refractivity contribution >= 4 is 23.4 Å². The maximum atomic E-state index is 12.7. The van der Waals surface area contributed by atoms with Crippen LogP contribution >= 0.6 is 11.8 Å². The van der Waals surface area contributed by atoms with E-state index >= 15 is 0 Å². The molecule has 0 bridgehead atoms. The summed E-state index contributed by atoms with van der Waals surface area (Å²) < 4.78 is 7.75. The molecule has 0 unspecified atom stereocenters. The molecule has 0 saturated heterocycles. The number of hydrogen-bond donors (Lipinski definition) is 1. The van der Waals surface area contributed by atoms with Crippen molar-refractivity contribution in [1.82, 2.24) is 14.8 Å². The Morgan fingerprint density at radius 2 is 1.62 bits per heavy atom. The van der Waals surface area contributed by atoms with Crippen LogP contribution in [-0.4, -0.2) is 25.9 Å². The number of rotatable bonds is 8. The maximum absolute atomic E-state index is 12.7. The van der Waals surface area contributed by atoms with Gasteiger partial charge in [0.1, 0.15) is 18.2 Å². The second-order valence-electron chi connectivity index (χ2n) is 7.25. The molecule has 7 heteroatoms. The molecule has 1 aromatic heterocycles. The van der Waals surface area contributed by atoms with Crippen molar-refractivity contribution in [3.8, 4) is 11.4 Å². The number of thioether (sulfide) groups is 1. The summed E-state index contributed by atoms with van der Waals surface area (Å²) in [6.45, 7) is 4.26. The lowest BCUT2D eigenvalue weighted by Gasteiger charge is -2.13. The van der Waals surface area contributed by atoms with E-state index in [1.54, 1.807) is 0 Å². The third kappa shape index (κ3) is 5.36. The summed E-state index contributed by atoms with van der Waals surface area (Å²) in [4.78, 5) is 12.7. The number of aryl methyl sites for hydroxylation is 1. The Morgan fingerprint density at radius 3 is 2.31 bits per heavy atom. The molecule has 162 valence electrons. The number of carbonyl (C=O) groups excluding carboxylic acids is 1. The fourth-order valence-electron chi connectivity index (χ4n) is 3.12. The Bertz CT molecular complexity index is 1160. The topological polar surface area (TPSA) is 69.0 Å². The summed E-state index contributed by atoms with van der Waals surface area (Å²) in [6.07, 6.45) is 0. The lowest BCUT2D eigenvalue weighted by Crippen LogP contribution is -2.22. The van der Waals surface area contributed by atoms with Gasteiger partial charge in [0.25, 0.3) is 0 Å². The zero-order chi connectivity index (χ0) is 22.3. The first-order valence-electron chi connectivity index (χ1n) is 10.3. The number of para-hydroxylation sites is 1. The maximum Gasteiger partial charge on any atom is 0.237 e. The normalized spacial score (nSPS) is 11.7. The minimum atomic E-state index is -0.352. The van der Waals surface area contributed by atoms with Gasteiger partial charge in [-0.15, -0.1) is 10.2 Å². The number of aromatic nitrogens is 3. The van der Waals surface area contributed by atoms with Crippen LogP contribution < -0.4 is 10.1 Å². The van der Waals surface area contributed by atoms with E-state index in [2.05, 4.69) is 15.5 Å². The molecular formula is C25H24N4O2S. The van der Waals surface area contributed by atoms with Gasteiger partial charge >= 0.3 is 0 Å². The van der Waals surface area contributed by atoms with Crippen molar-refractivity contribution in [3.63, 3.8) is 0 Å². The molecule has 0 saturated carbocycles. The van der Waals surface area contributed by atoms with Gasteiger partial charge in [-0.25, -0.2) is 0 Å². The summed E-state index contributed by atoms with van der Waals surface area (Å²) in [6, 6.07) is 27.3. The average Bonchev–Trinajstić information content (AvgIpc) is 3.19. The van der Waals surface area contributed by atoms with E-state index in [1.807, 2.05) is 103 Å². The molecule has 6 nitrogen and oxygen atoms in total. The molecule has 3 aromatic carbocycles. The van der Waals surface area contributed by atoms with Gasteiger partial charge in [-0.3, -0.25) is 9.36 Å². The van der Waals surface area contributed by atoms with Gasteiger partial charge in [0.15, 0.2) is 5.16 Å². The first kappa shape index (κ1) is 21.6. The van der Waals surface area contributed by atoms with E-state index in [0.717, 1.165) is 28.5 Å². The fraction of sp³-hybridized carbons (Fsp3) is 0.160. The SMILES string of the molecule is Cc1nnc(S[C@H](C)C(=O)Nc2ccc(OCc3ccccc3)cc2)n1-c1ccccc1. The van der Waals surface area contributed by atoms with Crippen LogP contribution in [0.1, 0.15) is 18.3 Å². The molecule has 0 fully saturated rings. The largest absolute Gasteiger partial charge is 0.489 e. The lowest BCUT2D eigenvalue weighted by atomic mass is 10.2. The lowest BCUT2D eigenvalue weighted by molar-refractivity contribution is -0.115. The highest BCUT2D eigenvalue weighted by molar-refractivity contribution is 8.00. The molecule has 4 rings (SSSR count). The van der Waals surface area contributed by atoms with E-state index in [1.165, 1.54) is 11.8 Å². The summed E-state index contributed by atoms with van der Waals surface area (Å²) in [5.74, 6) is 1.42. The molecule has 0 aliphatic rings. The van der Waals surface area contributed by atoms with E-state index in [0.29, 0.717) is 11.8 Å². The van der Waals surface area contributed by atoms with Crippen LogP contribution in [0.25, 0.3) is 5.69 Å². The zero-order valence-electron chi connectivity index (χ0n) is 17.9. The summed E-state index contributed by atoms with van der Waals surface area (Å²) in [5, 5.41) is 11.7. The van der Waals surface area contributed by atoms with Crippen molar-refractivity contribution in [2.24, 2.45) is 0 Å². The second-order valence-corrected chi connectivity index (χ2v) is 8.56. The molecule has 0 radical (unpaired) electrons. The number of benzene rings is 3. The molecule has 0 spiro atoms. The van der Waals surface area contributed by atoms with Crippen molar-refractivity contribution in [2.75, 3.05) is 5.32 Å². The fourth-order valence-corrected chi connectivity index (χ4v) is 4.04. The second kappa shape index (κ2) is 10.2. The van der Waals surface area contributed by atoms with Crippen LogP contribution in [0.15, 0.2) is 90.1 Å². The van der Waals surface area contributed by atoms with Crippen molar-refractivity contribution in [2.45, 2.75) is 30.9 Å². The monoisotopic (exact) mass is 444 g/mol. The summed E-state index contributed by atoms with van der Waals surface area (Å²) >= 11 is 1.37. The Labute approximate surface area is 191 Å². The first-order chi connectivity index (χ1) is 15.6. The van der Waals surface area contributed by atoms with Crippen LogP contribution in [0.4, 0.5) is 5.69 Å². The number of anilines is 1. The highest BCUT2D eigenvalue weighted by Gasteiger charge is 2.20. The molecule has 1 amide bonds. The van der Waals surface area contributed by atoms with Crippen molar-refractivity contribution in [3.05, 3.63) is 96.3 Å². The molecular weight excluding hydrogens is 420 g/mol. The number of hydrogen-bond acceptors (Lipinski definition) is 5. The number of nitrogens with one attached hydrogen (secondary N) is 1. The highest BCUT2D eigenvalue weighted by Crippen LogP contribution is 2.26. The number of carbonyl (C=O) groups is 1. The predicted octanol–water partition coefficient (Wildman–Crippen LogP) is 5.27. The third-order valence-electron chi connectivity index (χ3n) is 4.83. The highest BCUT2D eigenvalue weighted by atomic mass is 32.2. The van der Waals surface area contributed by atoms with E-state index < -0.39 is 0 Å². The molecule has 0 aliphatic heterocycles.